The Morgan fingerprint density at radius 2 is 0.636 bits per heavy atom. The lowest BCUT2D eigenvalue weighted by atomic mass is 9.76. The number of rotatable bonds is 8. The van der Waals surface area contributed by atoms with Crippen LogP contribution >= 0.6 is 0 Å². The standard InChI is InChI=1S/C76H82N8O4/c1-13-53-61(57(17-1)85-73-21-5-9-45-25-41(33-73)29-49(45)37-73)69-77-65(53)81-70-62-54(14-2-18-58(62)86-74-22-6-10-46-26-42(34-74)30-50(46)38-74)67(78-70)83-72-64-56(16-4-20-60(64)88-76-24-8-12-48-28-44(36-76)32-52(48)40-76)68(80-72)84-71-63-55(66(79-71)82-69)15-3-19-59(63)87-75-23-7-11-47-27-43(35-75)31-51(47)39-75/h1-4,13-20,41-52H,5-12,21-40H2,(H2,77,78,79,80,81,82,83,84). The Morgan fingerprint density at radius 3 is 1.01 bits per heavy atom. The van der Waals surface area contributed by atoms with Gasteiger partial charge in [0.1, 0.15) is 68.0 Å². The first kappa shape index (κ1) is 51.2. The summed E-state index contributed by atoms with van der Waals surface area (Å²) in [6, 6.07) is 26.1. The maximum absolute atomic E-state index is 7.71. The highest BCUT2D eigenvalue weighted by Crippen LogP contribution is 2.62. The lowest BCUT2D eigenvalue weighted by Gasteiger charge is -2.40. The highest BCUT2D eigenvalue weighted by molar-refractivity contribution is 6.10. The molecule has 0 saturated heterocycles. The molecule has 14 aliphatic rings. The van der Waals surface area contributed by atoms with Crippen LogP contribution in [0.15, 0.2) is 72.8 Å². The topological polar surface area (TPSA) is 146 Å². The van der Waals surface area contributed by atoms with Gasteiger partial charge in [-0.25, -0.2) is 29.9 Å². The molecule has 0 spiro atoms. The molecule has 2 N–H and O–H groups in total. The van der Waals surface area contributed by atoms with Crippen molar-refractivity contribution < 1.29 is 18.9 Å². The highest BCUT2D eigenvalue weighted by atomic mass is 16.5. The minimum atomic E-state index is -0.219. The van der Waals surface area contributed by atoms with Gasteiger partial charge in [0.25, 0.3) is 0 Å². The van der Waals surface area contributed by atoms with Gasteiger partial charge in [-0.15, -0.1) is 0 Å². The molecule has 450 valence electrons. The Morgan fingerprint density at radius 1 is 0.318 bits per heavy atom. The molecule has 12 nitrogen and oxygen atoms in total. The number of hydrogen-bond acceptors (Lipinski definition) is 10. The summed E-state index contributed by atoms with van der Waals surface area (Å²) in [6.45, 7) is 0. The molecule has 12 heteroatoms. The summed E-state index contributed by atoms with van der Waals surface area (Å²) in [4.78, 5) is 42.1. The smallest absolute Gasteiger partial charge is 0.168 e. The molecule has 12 saturated carbocycles. The van der Waals surface area contributed by atoms with Crippen LogP contribution < -0.4 is 18.9 Å². The fraction of sp³-hybridized carbons (Fsp3) is 0.579. The Hall–Kier alpha value is -6.56. The number of benzene rings is 4. The van der Waals surface area contributed by atoms with E-state index in [0.717, 1.165) is 215 Å². The van der Waals surface area contributed by atoms with E-state index in [1.54, 1.807) is 0 Å². The van der Waals surface area contributed by atoms with E-state index in [2.05, 4.69) is 82.8 Å². The van der Waals surface area contributed by atoms with Gasteiger partial charge in [-0.2, -0.15) is 0 Å². The molecule has 7 aromatic rings. The molecule has 5 heterocycles. The van der Waals surface area contributed by atoms with Crippen LogP contribution in [-0.4, -0.2) is 62.3 Å². The van der Waals surface area contributed by atoms with Crippen molar-refractivity contribution >= 4 is 44.1 Å². The lowest BCUT2D eigenvalue weighted by molar-refractivity contribution is -0.000307. The maximum Gasteiger partial charge on any atom is 0.168 e. The number of nitrogens with zero attached hydrogens (tertiary/aromatic N) is 6. The minimum Gasteiger partial charge on any atom is -0.486 e. The summed E-state index contributed by atoms with van der Waals surface area (Å²) in [5.74, 6) is 14.9. The normalized spacial score (nSPS) is 37.4. The summed E-state index contributed by atoms with van der Waals surface area (Å²) in [6.07, 6.45) is 34.2. The van der Waals surface area contributed by atoms with Crippen molar-refractivity contribution in [3.05, 3.63) is 72.8 Å². The number of fused-ring (bicyclic) bond motifs is 28. The fourth-order valence-corrected chi connectivity index (χ4v) is 24.0. The number of hydrogen-bond donors (Lipinski definition) is 2. The summed E-state index contributed by atoms with van der Waals surface area (Å²) in [5, 5.41) is 3.73. The zero-order valence-corrected chi connectivity index (χ0v) is 51.0. The van der Waals surface area contributed by atoms with Crippen molar-refractivity contribution in [1.82, 2.24) is 39.9 Å². The second-order valence-corrected chi connectivity index (χ2v) is 32.1. The Labute approximate surface area is 515 Å². The zero-order chi connectivity index (χ0) is 57.2. The molecule has 2 aliphatic heterocycles. The van der Waals surface area contributed by atoms with Crippen molar-refractivity contribution in [3.63, 3.8) is 0 Å². The van der Waals surface area contributed by atoms with Crippen LogP contribution in [0.4, 0.5) is 0 Å². The van der Waals surface area contributed by atoms with Gasteiger partial charge in [-0.3, -0.25) is 0 Å². The second-order valence-electron chi connectivity index (χ2n) is 32.1. The van der Waals surface area contributed by atoms with E-state index in [1.165, 1.54) is 103 Å². The molecule has 3 aromatic heterocycles. The average molecular weight is 1170 g/mol. The van der Waals surface area contributed by atoms with E-state index >= 15 is 0 Å². The summed E-state index contributed by atoms with van der Waals surface area (Å²) >= 11 is 0. The van der Waals surface area contributed by atoms with Crippen LogP contribution in [-0.2, 0) is 0 Å². The number of aromatic nitrogens is 8. The molecule has 21 rings (SSSR count). The van der Waals surface area contributed by atoms with Gasteiger partial charge in [-0.05, 0) is 249 Å². The number of ether oxygens (including phenoxy) is 4. The first-order valence-electron chi connectivity index (χ1n) is 35.3. The highest BCUT2D eigenvalue weighted by Gasteiger charge is 2.55. The molecule has 20 bridgehead atoms. The third-order valence-corrected chi connectivity index (χ3v) is 26.9. The van der Waals surface area contributed by atoms with Gasteiger partial charge in [0.15, 0.2) is 23.3 Å². The molecule has 0 amide bonds. The van der Waals surface area contributed by atoms with E-state index in [1.807, 2.05) is 0 Å². The van der Waals surface area contributed by atoms with Gasteiger partial charge >= 0.3 is 0 Å². The maximum atomic E-state index is 7.71. The van der Waals surface area contributed by atoms with Gasteiger partial charge in [0, 0.05) is 21.9 Å². The average Bonchev–Trinajstić information content (AvgIpc) is 1.76. The molecule has 12 aliphatic carbocycles. The first-order chi connectivity index (χ1) is 43.2. The molecule has 88 heavy (non-hydrogen) atoms. The quantitative estimate of drug-likeness (QED) is 0.151. The summed E-state index contributed by atoms with van der Waals surface area (Å²) < 4.78 is 30.8. The molecule has 16 atom stereocenters. The monoisotopic (exact) mass is 1170 g/mol. The van der Waals surface area contributed by atoms with Gasteiger partial charge in [-0.1, -0.05) is 74.2 Å². The Bertz CT molecular complexity index is 4020. The third-order valence-electron chi connectivity index (χ3n) is 26.9. The van der Waals surface area contributed by atoms with Gasteiger partial charge in [0.2, 0.25) is 0 Å². The number of nitrogens with one attached hydrogen (secondary N) is 2. The van der Waals surface area contributed by atoms with Crippen LogP contribution in [0, 0.1) is 71.0 Å². The van der Waals surface area contributed by atoms with E-state index in [-0.39, 0.29) is 22.4 Å². The van der Waals surface area contributed by atoms with Gasteiger partial charge in [0.05, 0.1) is 21.9 Å². The van der Waals surface area contributed by atoms with Gasteiger partial charge < -0.3 is 28.9 Å². The van der Waals surface area contributed by atoms with E-state index in [9.17, 15) is 0 Å². The van der Waals surface area contributed by atoms with Crippen LogP contribution in [0.1, 0.15) is 180 Å². The Kier molecular flexibility index (Phi) is 10.8. The van der Waals surface area contributed by atoms with Crippen molar-refractivity contribution in [3.8, 4) is 68.5 Å². The van der Waals surface area contributed by atoms with E-state index < -0.39 is 0 Å². The number of aromatic amines is 2. The first-order valence-corrected chi connectivity index (χ1v) is 35.3. The molecule has 12 fully saturated rings. The van der Waals surface area contributed by atoms with Crippen molar-refractivity contribution in [2.75, 3.05) is 0 Å². The number of H-pyrrole nitrogens is 2. The van der Waals surface area contributed by atoms with Crippen LogP contribution in [0.5, 0.6) is 23.0 Å². The molecular formula is C76H82N8O4. The van der Waals surface area contributed by atoms with Crippen molar-refractivity contribution in [2.45, 2.75) is 202 Å². The lowest BCUT2D eigenvalue weighted by Crippen LogP contribution is -2.41. The second kappa shape index (κ2) is 18.5. The van der Waals surface area contributed by atoms with Crippen LogP contribution in [0.2, 0.25) is 0 Å². The minimum absolute atomic E-state index is 0.215. The van der Waals surface area contributed by atoms with Crippen molar-refractivity contribution in [1.29, 1.82) is 0 Å². The predicted octanol–water partition coefficient (Wildman–Crippen LogP) is 17.8. The summed E-state index contributed by atoms with van der Waals surface area (Å²) in [7, 11) is 0. The molecule has 4 aromatic carbocycles. The molecule has 0 radical (unpaired) electrons. The molecule has 16 unspecified atom stereocenters. The Balaban J connectivity index is 0.814. The molecular weight excluding hydrogens is 1090 g/mol. The van der Waals surface area contributed by atoms with Crippen LogP contribution in [0.25, 0.3) is 89.7 Å². The van der Waals surface area contributed by atoms with E-state index in [4.69, 9.17) is 48.9 Å². The SMILES string of the molecule is c1cc(OC23CCCC4CC(CC4C2)C3)c2c(c1)-c1nc-2nc2[nH]c(nc3nc(nc4[nH]c(n1)c1c(OC56CCCC7CC(CC7C5)C6)cccc41)-c1c(OC45CCCC6CC(CC6C4)C5)cccc1-3)c1c(OC34CCCC5CC(CC5C3)C4)cccc21. The third kappa shape index (κ3) is 7.86. The largest absolute Gasteiger partial charge is 0.486 e. The predicted molar refractivity (Wildman–Crippen MR) is 341 cm³/mol. The van der Waals surface area contributed by atoms with E-state index in [0.29, 0.717) is 45.9 Å². The zero-order valence-electron chi connectivity index (χ0n) is 51.0. The summed E-state index contributed by atoms with van der Waals surface area (Å²) in [5.41, 5.74) is 5.45. The van der Waals surface area contributed by atoms with Crippen molar-refractivity contribution in [2.24, 2.45) is 71.0 Å². The van der Waals surface area contributed by atoms with Crippen LogP contribution in [0.3, 0.4) is 0 Å². The fourth-order valence-electron chi connectivity index (χ4n) is 24.0.